The monoisotopic (exact) mass is 210 g/mol. The third kappa shape index (κ3) is 2.69. The Hall–Kier alpha value is -1.09. The van der Waals surface area contributed by atoms with Gasteiger partial charge in [-0.15, -0.1) is 0 Å². The molecule has 0 heterocycles. The summed E-state index contributed by atoms with van der Waals surface area (Å²) in [6, 6.07) is 0. The van der Waals surface area contributed by atoms with Crippen molar-refractivity contribution in [3.8, 4) is 0 Å². The standard InChI is InChI=1S/C12H18O3/c1-8(2)11-6-5-9(3)12(14,7-11)15-10(4)13/h5,11,14H,1,6-7H2,2-4H3. The first-order chi connectivity index (χ1) is 6.85. The van der Waals surface area contributed by atoms with Gasteiger partial charge in [0.2, 0.25) is 5.79 Å². The molecule has 0 saturated carbocycles. The van der Waals surface area contributed by atoms with Crippen LogP contribution in [-0.2, 0) is 9.53 Å². The largest absolute Gasteiger partial charge is 0.429 e. The first-order valence-corrected chi connectivity index (χ1v) is 5.10. The van der Waals surface area contributed by atoms with E-state index in [1.807, 2.05) is 13.0 Å². The fourth-order valence-electron chi connectivity index (χ4n) is 1.79. The molecule has 0 amide bonds. The molecule has 1 N–H and O–H groups in total. The second kappa shape index (κ2) is 4.19. The van der Waals surface area contributed by atoms with Gasteiger partial charge in [0.25, 0.3) is 0 Å². The van der Waals surface area contributed by atoms with E-state index in [2.05, 4.69) is 6.58 Å². The molecule has 0 aliphatic heterocycles. The Bertz CT molecular complexity index is 317. The molecule has 0 saturated heterocycles. The molecule has 3 nitrogen and oxygen atoms in total. The summed E-state index contributed by atoms with van der Waals surface area (Å²) in [7, 11) is 0. The summed E-state index contributed by atoms with van der Waals surface area (Å²) in [6.07, 6.45) is 3.17. The molecule has 0 aromatic heterocycles. The van der Waals surface area contributed by atoms with Crippen molar-refractivity contribution >= 4 is 5.97 Å². The number of hydrogen-bond donors (Lipinski definition) is 1. The maximum Gasteiger partial charge on any atom is 0.305 e. The van der Waals surface area contributed by atoms with Gasteiger partial charge in [0.05, 0.1) is 0 Å². The van der Waals surface area contributed by atoms with E-state index < -0.39 is 11.8 Å². The summed E-state index contributed by atoms with van der Waals surface area (Å²) in [5, 5.41) is 10.2. The highest BCUT2D eigenvalue weighted by Crippen LogP contribution is 2.36. The van der Waals surface area contributed by atoms with Gasteiger partial charge in [-0.1, -0.05) is 18.2 Å². The van der Waals surface area contributed by atoms with E-state index in [-0.39, 0.29) is 5.92 Å². The third-order valence-electron chi connectivity index (χ3n) is 2.86. The van der Waals surface area contributed by atoms with E-state index >= 15 is 0 Å². The molecule has 1 aliphatic carbocycles. The van der Waals surface area contributed by atoms with Crippen LogP contribution in [0.5, 0.6) is 0 Å². The molecule has 0 bridgehead atoms. The van der Waals surface area contributed by atoms with Crippen molar-refractivity contribution in [3.05, 3.63) is 23.8 Å². The van der Waals surface area contributed by atoms with Crippen LogP contribution in [0.2, 0.25) is 0 Å². The Balaban J connectivity index is 2.87. The number of ether oxygens (including phenoxy) is 1. The quantitative estimate of drug-likeness (QED) is 0.431. The molecular formula is C12H18O3. The van der Waals surface area contributed by atoms with Gasteiger partial charge in [0.15, 0.2) is 0 Å². The van der Waals surface area contributed by atoms with Crippen molar-refractivity contribution in [1.82, 2.24) is 0 Å². The lowest BCUT2D eigenvalue weighted by Gasteiger charge is -2.35. The van der Waals surface area contributed by atoms with Crippen molar-refractivity contribution in [1.29, 1.82) is 0 Å². The lowest BCUT2D eigenvalue weighted by atomic mass is 9.82. The van der Waals surface area contributed by atoms with Gasteiger partial charge in [-0.05, 0) is 31.8 Å². The van der Waals surface area contributed by atoms with E-state index in [1.54, 1.807) is 6.92 Å². The number of carbonyl (C=O) groups excluding carboxylic acids is 1. The van der Waals surface area contributed by atoms with Crippen molar-refractivity contribution in [3.63, 3.8) is 0 Å². The molecule has 84 valence electrons. The van der Waals surface area contributed by atoms with Crippen LogP contribution in [0.1, 0.15) is 33.6 Å². The predicted molar refractivity (Wildman–Crippen MR) is 58.0 cm³/mol. The predicted octanol–water partition coefficient (Wildman–Crippen LogP) is 2.17. The summed E-state index contributed by atoms with van der Waals surface area (Å²) >= 11 is 0. The number of hydrogen-bond acceptors (Lipinski definition) is 3. The van der Waals surface area contributed by atoms with E-state index in [0.717, 1.165) is 12.0 Å². The van der Waals surface area contributed by atoms with Crippen LogP contribution >= 0.6 is 0 Å². The molecule has 0 fully saturated rings. The summed E-state index contributed by atoms with van der Waals surface area (Å²) in [5.41, 5.74) is 1.71. The Kier molecular flexibility index (Phi) is 3.35. The fraction of sp³-hybridized carbons (Fsp3) is 0.583. The van der Waals surface area contributed by atoms with Crippen LogP contribution in [-0.4, -0.2) is 16.9 Å². The van der Waals surface area contributed by atoms with E-state index in [0.29, 0.717) is 12.0 Å². The van der Waals surface area contributed by atoms with Crippen LogP contribution in [0.25, 0.3) is 0 Å². The van der Waals surface area contributed by atoms with Gasteiger partial charge in [0, 0.05) is 13.3 Å². The van der Waals surface area contributed by atoms with E-state index in [4.69, 9.17) is 4.74 Å². The second-order valence-electron chi connectivity index (χ2n) is 4.25. The van der Waals surface area contributed by atoms with Crippen molar-refractivity contribution < 1.29 is 14.6 Å². The van der Waals surface area contributed by atoms with Crippen molar-refractivity contribution in [2.24, 2.45) is 5.92 Å². The smallest absolute Gasteiger partial charge is 0.305 e. The van der Waals surface area contributed by atoms with Gasteiger partial charge in [-0.3, -0.25) is 4.79 Å². The number of rotatable bonds is 2. The van der Waals surface area contributed by atoms with Gasteiger partial charge in [0.1, 0.15) is 0 Å². The number of aliphatic hydroxyl groups is 1. The summed E-state index contributed by atoms with van der Waals surface area (Å²) in [5.74, 6) is -1.72. The second-order valence-corrected chi connectivity index (χ2v) is 4.25. The number of esters is 1. The lowest BCUT2D eigenvalue weighted by Crippen LogP contribution is -2.40. The van der Waals surface area contributed by atoms with Gasteiger partial charge < -0.3 is 9.84 Å². The molecule has 15 heavy (non-hydrogen) atoms. The molecule has 0 spiro atoms. The van der Waals surface area contributed by atoms with Crippen LogP contribution in [0, 0.1) is 5.92 Å². The summed E-state index contributed by atoms with van der Waals surface area (Å²) in [4.78, 5) is 10.9. The Morgan fingerprint density at radius 1 is 1.67 bits per heavy atom. The van der Waals surface area contributed by atoms with Gasteiger partial charge in [-0.25, -0.2) is 0 Å². The van der Waals surface area contributed by atoms with Crippen molar-refractivity contribution in [2.75, 3.05) is 0 Å². The Morgan fingerprint density at radius 2 is 2.27 bits per heavy atom. The topological polar surface area (TPSA) is 46.5 Å². The minimum Gasteiger partial charge on any atom is -0.429 e. The molecule has 0 aromatic carbocycles. The highest BCUT2D eigenvalue weighted by molar-refractivity contribution is 5.66. The first-order valence-electron chi connectivity index (χ1n) is 5.10. The number of allylic oxidation sites excluding steroid dienone is 2. The molecule has 2 atom stereocenters. The first kappa shape index (κ1) is 12.0. The molecule has 2 unspecified atom stereocenters. The maximum atomic E-state index is 10.9. The normalized spacial score (nSPS) is 30.7. The zero-order chi connectivity index (χ0) is 11.6. The van der Waals surface area contributed by atoms with Gasteiger partial charge in [-0.2, -0.15) is 0 Å². The maximum absolute atomic E-state index is 10.9. The summed E-state index contributed by atoms with van der Waals surface area (Å²) < 4.78 is 4.98. The van der Waals surface area contributed by atoms with Crippen molar-refractivity contribution in [2.45, 2.75) is 39.4 Å². The molecule has 0 aromatic rings. The van der Waals surface area contributed by atoms with E-state index in [1.165, 1.54) is 6.92 Å². The average Bonchev–Trinajstić information content (AvgIpc) is 2.08. The minimum atomic E-state index is -1.44. The molecule has 1 aliphatic rings. The zero-order valence-electron chi connectivity index (χ0n) is 9.54. The Morgan fingerprint density at radius 3 is 2.73 bits per heavy atom. The van der Waals surface area contributed by atoms with E-state index in [9.17, 15) is 9.90 Å². The fourth-order valence-corrected chi connectivity index (χ4v) is 1.79. The average molecular weight is 210 g/mol. The zero-order valence-corrected chi connectivity index (χ0v) is 9.54. The SMILES string of the molecule is C=C(C)C1CC=C(C)C(O)(OC(C)=O)C1. The van der Waals surface area contributed by atoms with Crippen LogP contribution in [0.4, 0.5) is 0 Å². The van der Waals surface area contributed by atoms with Crippen LogP contribution < -0.4 is 0 Å². The Labute approximate surface area is 90.4 Å². The summed E-state index contributed by atoms with van der Waals surface area (Å²) in [6.45, 7) is 8.87. The lowest BCUT2D eigenvalue weighted by molar-refractivity contribution is -0.198. The highest BCUT2D eigenvalue weighted by atomic mass is 16.7. The van der Waals surface area contributed by atoms with Crippen LogP contribution in [0.3, 0.4) is 0 Å². The minimum absolute atomic E-state index is 0.179. The van der Waals surface area contributed by atoms with Crippen LogP contribution in [0.15, 0.2) is 23.8 Å². The number of carbonyl (C=O) groups is 1. The molecular weight excluding hydrogens is 192 g/mol. The molecule has 1 rings (SSSR count). The van der Waals surface area contributed by atoms with Gasteiger partial charge >= 0.3 is 5.97 Å². The highest BCUT2D eigenvalue weighted by Gasteiger charge is 2.38. The third-order valence-corrected chi connectivity index (χ3v) is 2.86. The molecule has 0 radical (unpaired) electrons. The molecule has 3 heteroatoms.